The average Bonchev–Trinajstić information content (AvgIpc) is 3.25. The maximum Gasteiger partial charge on any atom is 0.228 e. The van der Waals surface area contributed by atoms with Gasteiger partial charge in [-0.2, -0.15) is 0 Å². The zero-order valence-electron chi connectivity index (χ0n) is 12.7. The van der Waals surface area contributed by atoms with E-state index < -0.39 is 0 Å². The summed E-state index contributed by atoms with van der Waals surface area (Å²) in [7, 11) is 0. The Morgan fingerprint density at radius 1 is 1.55 bits per heavy atom. The molecule has 0 aliphatic carbocycles. The molecule has 22 heavy (non-hydrogen) atoms. The number of thiazole rings is 1. The number of furan rings is 1. The van der Waals surface area contributed by atoms with E-state index in [0.717, 1.165) is 49.2 Å². The van der Waals surface area contributed by atoms with Crippen molar-refractivity contribution in [1.82, 2.24) is 9.88 Å². The lowest BCUT2D eigenvalue weighted by Gasteiger charge is -2.23. The molecule has 0 radical (unpaired) electrons. The molecule has 0 saturated carbocycles. The van der Waals surface area contributed by atoms with E-state index in [2.05, 4.69) is 4.98 Å². The Hall–Kier alpha value is -1.66. The summed E-state index contributed by atoms with van der Waals surface area (Å²) in [4.78, 5) is 18.9. The standard InChI is InChI=1S/C16H20N2O3S/c1-2-18(9-12-5-7-20-10-12)15(19)8-13-11-22-16(17-13)14-4-3-6-21-14/h3-4,6,11-12H,2,5,7-10H2,1H3/t12-/m0/s1. The molecule has 0 spiro atoms. The van der Waals surface area contributed by atoms with Gasteiger partial charge in [-0.3, -0.25) is 4.79 Å². The minimum atomic E-state index is 0.130. The Balaban J connectivity index is 1.60. The molecule has 5 nitrogen and oxygen atoms in total. The van der Waals surface area contributed by atoms with Crippen molar-refractivity contribution in [3.05, 3.63) is 29.5 Å². The monoisotopic (exact) mass is 320 g/mol. The summed E-state index contributed by atoms with van der Waals surface area (Å²) in [5, 5.41) is 2.75. The van der Waals surface area contributed by atoms with Crippen molar-refractivity contribution in [3.63, 3.8) is 0 Å². The molecule has 1 fully saturated rings. The molecular weight excluding hydrogens is 300 g/mol. The van der Waals surface area contributed by atoms with E-state index in [9.17, 15) is 4.79 Å². The maximum absolute atomic E-state index is 12.5. The second-order valence-electron chi connectivity index (χ2n) is 5.46. The van der Waals surface area contributed by atoms with Gasteiger partial charge in [-0.05, 0) is 25.5 Å². The van der Waals surface area contributed by atoms with E-state index in [-0.39, 0.29) is 5.91 Å². The van der Waals surface area contributed by atoms with E-state index in [0.29, 0.717) is 12.3 Å². The number of hydrogen-bond acceptors (Lipinski definition) is 5. The third-order valence-corrected chi connectivity index (χ3v) is 4.76. The highest BCUT2D eigenvalue weighted by Crippen LogP contribution is 2.24. The summed E-state index contributed by atoms with van der Waals surface area (Å²) in [6.45, 7) is 5.11. The normalized spacial score (nSPS) is 17.8. The number of hydrogen-bond donors (Lipinski definition) is 0. The summed E-state index contributed by atoms with van der Waals surface area (Å²) >= 11 is 1.51. The summed E-state index contributed by atoms with van der Waals surface area (Å²) in [6.07, 6.45) is 3.02. The molecule has 1 atom stereocenters. The average molecular weight is 320 g/mol. The molecule has 1 aliphatic rings. The molecule has 3 heterocycles. The fourth-order valence-corrected chi connectivity index (χ4v) is 3.40. The highest BCUT2D eigenvalue weighted by molar-refractivity contribution is 7.13. The van der Waals surface area contributed by atoms with Gasteiger partial charge in [0.15, 0.2) is 10.8 Å². The Bertz CT molecular complexity index is 603. The largest absolute Gasteiger partial charge is 0.462 e. The number of aromatic nitrogens is 1. The Morgan fingerprint density at radius 2 is 2.45 bits per heavy atom. The second-order valence-corrected chi connectivity index (χ2v) is 6.32. The van der Waals surface area contributed by atoms with Crippen LogP contribution in [0.15, 0.2) is 28.2 Å². The van der Waals surface area contributed by atoms with Crippen LogP contribution >= 0.6 is 11.3 Å². The van der Waals surface area contributed by atoms with Gasteiger partial charge < -0.3 is 14.1 Å². The first-order chi connectivity index (χ1) is 10.8. The highest BCUT2D eigenvalue weighted by Gasteiger charge is 2.22. The Labute approximate surface area is 133 Å². The van der Waals surface area contributed by atoms with E-state index in [4.69, 9.17) is 9.15 Å². The molecule has 1 amide bonds. The van der Waals surface area contributed by atoms with Crippen LogP contribution in [0.4, 0.5) is 0 Å². The fourth-order valence-electron chi connectivity index (χ4n) is 2.61. The lowest BCUT2D eigenvalue weighted by atomic mass is 10.1. The molecule has 0 unspecified atom stereocenters. The highest BCUT2D eigenvalue weighted by atomic mass is 32.1. The lowest BCUT2D eigenvalue weighted by molar-refractivity contribution is -0.131. The summed E-state index contributed by atoms with van der Waals surface area (Å²) < 4.78 is 10.7. The quantitative estimate of drug-likeness (QED) is 0.821. The molecule has 2 aromatic heterocycles. The van der Waals surface area contributed by atoms with Gasteiger partial charge in [0.25, 0.3) is 0 Å². The molecule has 1 saturated heterocycles. The van der Waals surface area contributed by atoms with Gasteiger partial charge in [-0.15, -0.1) is 11.3 Å². The zero-order valence-corrected chi connectivity index (χ0v) is 13.5. The first kappa shape index (κ1) is 15.2. The van der Waals surface area contributed by atoms with E-state index in [1.54, 1.807) is 6.26 Å². The molecule has 118 valence electrons. The van der Waals surface area contributed by atoms with Gasteiger partial charge in [-0.25, -0.2) is 4.98 Å². The third-order valence-electron chi connectivity index (χ3n) is 3.85. The first-order valence-corrected chi connectivity index (χ1v) is 8.48. The van der Waals surface area contributed by atoms with E-state index >= 15 is 0 Å². The molecule has 0 N–H and O–H groups in total. The number of carbonyl (C=O) groups excluding carboxylic acids is 1. The van der Waals surface area contributed by atoms with Crippen molar-refractivity contribution < 1.29 is 13.9 Å². The van der Waals surface area contributed by atoms with Gasteiger partial charge in [-0.1, -0.05) is 0 Å². The molecule has 1 aliphatic heterocycles. The summed E-state index contributed by atoms with van der Waals surface area (Å²) in [5.74, 6) is 1.35. The van der Waals surface area contributed by atoms with Gasteiger partial charge >= 0.3 is 0 Å². The van der Waals surface area contributed by atoms with Gasteiger partial charge in [0.1, 0.15) is 0 Å². The predicted octanol–water partition coefficient (Wildman–Crippen LogP) is 2.83. The minimum Gasteiger partial charge on any atom is -0.462 e. The van der Waals surface area contributed by atoms with Crippen LogP contribution in [0.1, 0.15) is 19.0 Å². The topological polar surface area (TPSA) is 55.6 Å². The van der Waals surface area contributed by atoms with Crippen molar-refractivity contribution in [1.29, 1.82) is 0 Å². The smallest absolute Gasteiger partial charge is 0.228 e. The molecular formula is C16H20N2O3S. The minimum absolute atomic E-state index is 0.130. The van der Waals surface area contributed by atoms with Crippen LogP contribution in [0.5, 0.6) is 0 Å². The van der Waals surface area contributed by atoms with Crippen LogP contribution in [0.2, 0.25) is 0 Å². The number of carbonyl (C=O) groups is 1. The molecule has 0 bridgehead atoms. The van der Waals surface area contributed by atoms with Crippen molar-refractivity contribution in [2.45, 2.75) is 19.8 Å². The lowest BCUT2D eigenvalue weighted by Crippen LogP contribution is -2.36. The molecule has 0 aromatic carbocycles. The van der Waals surface area contributed by atoms with Crippen molar-refractivity contribution in [3.8, 4) is 10.8 Å². The van der Waals surface area contributed by atoms with Crippen LogP contribution in [-0.2, 0) is 16.0 Å². The zero-order chi connectivity index (χ0) is 15.4. The number of amides is 1. The molecule has 2 aromatic rings. The van der Waals surface area contributed by atoms with Gasteiger partial charge in [0, 0.05) is 31.0 Å². The first-order valence-electron chi connectivity index (χ1n) is 7.60. The predicted molar refractivity (Wildman–Crippen MR) is 84.7 cm³/mol. The van der Waals surface area contributed by atoms with Gasteiger partial charge in [0.2, 0.25) is 5.91 Å². The van der Waals surface area contributed by atoms with E-state index in [1.807, 2.05) is 29.3 Å². The van der Waals surface area contributed by atoms with Crippen LogP contribution in [-0.4, -0.2) is 42.1 Å². The number of rotatable bonds is 6. The van der Waals surface area contributed by atoms with Gasteiger partial charge in [0.05, 0.1) is 25.0 Å². The summed E-state index contributed by atoms with van der Waals surface area (Å²) in [5.41, 5.74) is 0.808. The van der Waals surface area contributed by atoms with Crippen LogP contribution in [0, 0.1) is 5.92 Å². The number of nitrogens with zero attached hydrogens (tertiary/aromatic N) is 2. The van der Waals surface area contributed by atoms with Crippen molar-refractivity contribution in [2.24, 2.45) is 5.92 Å². The third kappa shape index (κ3) is 3.56. The summed E-state index contributed by atoms with van der Waals surface area (Å²) in [6, 6.07) is 3.72. The molecule has 6 heteroatoms. The van der Waals surface area contributed by atoms with Crippen LogP contribution in [0.25, 0.3) is 10.8 Å². The van der Waals surface area contributed by atoms with Crippen molar-refractivity contribution in [2.75, 3.05) is 26.3 Å². The van der Waals surface area contributed by atoms with Crippen LogP contribution in [0.3, 0.4) is 0 Å². The number of ether oxygens (including phenoxy) is 1. The Kier molecular flexibility index (Phi) is 4.90. The van der Waals surface area contributed by atoms with E-state index in [1.165, 1.54) is 11.3 Å². The SMILES string of the molecule is CCN(C[C@@H]1CCOC1)C(=O)Cc1csc(-c2ccco2)n1. The Morgan fingerprint density at radius 3 is 3.14 bits per heavy atom. The fraction of sp³-hybridized carbons (Fsp3) is 0.500. The second kappa shape index (κ2) is 7.07. The molecule has 3 rings (SSSR count). The van der Waals surface area contributed by atoms with Crippen LogP contribution < -0.4 is 0 Å². The number of likely N-dealkylation sites (N-methyl/N-ethyl adjacent to an activating group) is 1. The maximum atomic E-state index is 12.5. The van der Waals surface area contributed by atoms with Crippen molar-refractivity contribution >= 4 is 17.2 Å².